The van der Waals surface area contributed by atoms with Crippen molar-refractivity contribution in [2.45, 2.75) is 30.0 Å². The first-order valence-electron chi connectivity index (χ1n) is 8.26. The van der Waals surface area contributed by atoms with E-state index in [0.29, 0.717) is 18.7 Å². The molecule has 0 N–H and O–H groups in total. The Hall–Kier alpha value is -1.73. The fraction of sp³-hybridized carbons (Fsp3) is 0.389. The van der Waals surface area contributed by atoms with E-state index in [9.17, 15) is 13.2 Å². The van der Waals surface area contributed by atoms with Gasteiger partial charge in [-0.05, 0) is 37.6 Å². The van der Waals surface area contributed by atoms with Crippen molar-refractivity contribution < 1.29 is 17.6 Å². The Kier molecular flexibility index (Phi) is 5.54. The van der Waals surface area contributed by atoms with Crippen LogP contribution in [0.15, 0.2) is 51.8 Å². The van der Waals surface area contributed by atoms with Gasteiger partial charge >= 0.3 is 0 Å². The second-order valence-corrected chi connectivity index (χ2v) is 9.29. The summed E-state index contributed by atoms with van der Waals surface area (Å²) in [5.41, 5.74) is 0. The van der Waals surface area contributed by atoms with Crippen LogP contribution in [0.4, 0.5) is 0 Å². The standard InChI is InChI=1S/C18H21NO4S2/c1-2-19(14-10-11-25(21,22)13-14)18(20)17-9-8-15(23-17)12-24-16-6-4-3-5-7-16/h3-9,14H,2,10-13H2,1H3. The molecule has 1 aromatic heterocycles. The summed E-state index contributed by atoms with van der Waals surface area (Å²) in [5, 5.41) is 0. The van der Waals surface area contributed by atoms with E-state index >= 15 is 0 Å². The molecular formula is C18H21NO4S2. The lowest BCUT2D eigenvalue weighted by Gasteiger charge is -2.25. The van der Waals surface area contributed by atoms with Gasteiger partial charge in [-0.15, -0.1) is 11.8 Å². The quantitative estimate of drug-likeness (QED) is 0.721. The van der Waals surface area contributed by atoms with Crippen molar-refractivity contribution in [2.75, 3.05) is 18.1 Å². The Morgan fingerprint density at radius 3 is 2.64 bits per heavy atom. The summed E-state index contributed by atoms with van der Waals surface area (Å²) in [7, 11) is -3.03. The molecule has 1 aliphatic heterocycles. The number of amides is 1. The van der Waals surface area contributed by atoms with Crippen LogP contribution >= 0.6 is 11.8 Å². The molecule has 1 atom stereocenters. The number of hydrogen-bond donors (Lipinski definition) is 0. The molecule has 0 aliphatic carbocycles. The van der Waals surface area contributed by atoms with Crippen LogP contribution in [0, 0.1) is 0 Å². The molecule has 7 heteroatoms. The smallest absolute Gasteiger partial charge is 0.289 e. The summed E-state index contributed by atoms with van der Waals surface area (Å²) in [5.74, 6) is 1.60. The maximum absolute atomic E-state index is 12.7. The van der Waals surface area contributed by atoms with Gasteiger partial charge in [0.2, 0.25) is 0 Å². The fourth-order valence-corrected chi connectivity index (χ4v) is 5.52. The van der Waals surface area contributed by atoms with Crippen LogP contribution < -0.4 is 0 Å². The summed E-state index contributed by atoms with van der Waals surface area (Å²) < 4.78 is 29.1. The number of benzene rings is 1. The fourth-order valence-electron chi connectivity index (χ4n) is 2.97. The van der Waals surface area contributed by atoms with Crippen molar-refractivity contribution in [3.8, 4) is 0 Å². The minimum Gasteiger partial charge on any atom is -0.455 e. The van der Waals surface area contributed by atoms with E-state index in [1.54, 1.807) is 22.7 Å². The van der Waals surface area contributed by atoms with Crippen molar-refractivity contribution >= 4 is 27.5 Å². The average molecular weight is 380 g/mol. The average Bonchev–Trinajstić information content (AvgIpc) is 3.21. The van der Waals surface area contributed by atoms with E-state index in [-0.39, 0.29) is 29.2 Å². The highest BCUT2D eigenvalue weighted by Gasteiger charge is 2.35. The highest BCUT2D eigenvalue weighted by molar-refractivity contribution is 7.98. The molecule has 2 aromatic rings. The van der Waals surface area contributed by atoms with Gasteiger partial charge in [0, 0.05) is 17.5 Å². The van der Waals surface area contributed by atoms with E-state index < -0.39 is 9.84 Å². The maximum Gasteiger partial charge on any atom is 0.289 e. The Balaban J connectivity index is 1.65. The molecule has 0 bridgehead atoms. The predicted octanol–water partition coefficient (Wildman–Crippen LogP) is 3.22. The minimum absolute atomic E-state index is 0.0456. The summed E-state index contributed by atoms with van der Waals surface area (Å²) in [4.78, 5) is 15.4. The number of carbonyl (C=O) groups excluding carboxylic acids is 1. The molecule has 0 spiro atoms. The van der Waals surface area contributed by atoms with Crippen molar-refractivity contribution in [1.82, 2.24) is 4.90 Å². The van der Waals surface area contributed by atoms with Gasteiger partial charge in [-0.2, -0.15) is 0 Å². The lowest BCUT2D eigenvalue weighted by atomic mass is 10.2. The van der Waals surface area contributed by atoms with Crippen molar-refractivity contribution in [3.05, 3.63) is 54.0 Å². The zero-order valence-corrected chi connectivity index (χ0v) is 15.7. The summed E-state index contributed by atoms with van der Waals surface area (Å²) in [6, 6.07) is 13.2. The summed E-state index contributed by atoms with van der Waals surface area (Å²) in [6.45, 7) is 2.33. The predicted molar refractivity (Wildman–Crippen MR) is 98.5 cm³/mol. The first-order valence-corrected chi connectivity index (χ1v) is 11.1. The number of nitrogens with zero attached hydrogens (tertiary/aromatic N) is 1. The summed E-state index contributed by atoms with van der Waals surface area (Å²) >= 11 is 1.64. The largest absolute Gasteiger partial charge is 0.455 e. The third kappa shape index (κ3) is 4.46. The van der Waals surface area contributed by atoms with Gasteiger partial charge in [0.15, 0.2) is 15.6 Å². The zero-order valence-electron chi connectivity index (χ0n) is 14.1. The monoisotopic (exact) mass is 379 g/mol. The highest BCUT2D eigenvalue weighted by atomic mass is 32.2. The molecule has 1 aliphatic rings. The van der Waals surface area contributed by atoms with E-state index in [4.69, 9.17) is 4.42 Å². The number of sulfone groups is 1. The van der Waals surface area contributed by atoms with Crippen LogP contribution in [-0.2, 0) is 15.6 Å². The molecule has 134 valence electrons. The highest BCUT2D eigenvalue weighted by Crippen LogP contribution is 2.25. The third-order valence-corrected chi connectivity index (χ3v) is 7.03. The molecule has 0 saturated carbocycles. The van der Waals surface area contributed by atoms with E-state index in [1.165, 1.54) is 0 Å². The van der Waals surface area contributed by atoms with Gasteiger partial charge in [0.25, 0.3) is 5.91 Å². The molecule has 1 unspecified atom stereocenters. The van der Waals surface area contributed by atoms with Crippen LogP contribution in [0.3, 0.4) is 0 Å². The lowest BCUT2D eigenvalue weighted by Crippen LogP contribution is -2.40. The van der Waals surface area contributed by atoms with Gasteiger partial charge < -0.3 is 9.32 Å². The number of carbonyl (C=O) groups is 1. The van der Waals surface area contributed by atoms with Gasteiger partial charge in [-0.25, -0.2) is 8.42 Å². The molecule has 2 heterocycles. The lowest BCUT2D eigenvalue weighted by molar-refractivity contribution is 0.0674. The molecule has 0 radical (unpaired) electrons. The molecule has 1 aromatic carbocycles. The number of furan rings is 1. The zero-order chi connectivity index (χ0) is 17.9. The molecule has 25 heavy (non-hydrogen) atoms. The molecule has 5 nitrogen and oxygen atoms in total. The van der Waals surface area contributed by atoms with Gasteiger partial charge in [-0.3, -0.25) is 4.79 Å². The molecule has 1 saturated heterocycles. The third-order valence-electron chi connectivity index (χ3n) is 4.25. The SMILES string of the molecule is CCN(C(=O)c1ccc(CSc2ccccc2)o1)C1CCS(=O)(=O)C1. The molecule has 1 amide bonds. The van der Waals surface area contributed by atoms with E-state index in [1.807, 2.05) is 43.3 Å². The van der Waals surface area contributed by atoms with Crippen LogP contribution in [0.2, 0.25) is 0 Å². The topological polar surface area (TPSA) is 67.6 Å². The normalized spacial score (nSPS) is 19.0. The number of rotatable bonds is 6. The van der Waals surface area contributed by atoms with Crippen LogP contribution in [0.5, 0.6) is 0 Å². The van der Waals surface area contributed by atoms with Gasteiger partial charge in [-0.1, -0.05) is 18.2 Å². The first kappa shape index (κ1) is 18.1. The minimum atomic E-state index is -3.03. The Morgan fingerprint density at radius 1 is 1.24 bits per heavy atom. The van der Waals surface area contributed by atoms with Crippen molar-refractivity contribution in [1.29, 1.82) is 0 Å². The van der Waals surface area contributed by atoms with Crippen molar-refractivity contribution in [3.63, 3.8) is 0 Å². The van der Waals surface area contributed by atoms with E-state index in [0.717, 1.165) is 10.7 Å². The van der Waals surface area contributed by atoms with Gasteiger partial charge in [0.1, 0.15) is 5.76 Å². The van der Waals surface area contributed by atoms with Crippen LogP contribution in [0.1, 0.15) is 29.7 Å². The second kappa shape index (κ2) is 7.66. The molecule has 3 rings (SSSR count). The Morgan fingerprint density at radius 2 is 2.00 bits per heavy atom. The summed E-state index contributed by atoms with van der Waals surface area (Å²) in [6.07, 6.45) is 0.499. The van der Waals surface area contributed by atoms with Crippen LogP contribution in [-0.4, -0.2) is 43.3 Å². The molecule has 1 fully saturated rings. The Bertz CT molecular complexity index is 830. The van der Waals surface area contributed by atoms with E-state index in [2.05, 4.69) is 0 Å². The maximum atomic E-state index is 12.7. The van der Waals surface area contributed by atoms with Crippen molar-refractivity contribution in [2.24, 2.45) is 0 Å². The van der Waals surface area contributed by atoms with Crippen LogP contribution in [0.25, 0.3) is 0 Å². The van der Waals surface area contributed by atoms with Gasteiger partial charge in [0.05, 0.1) is 17.3 Å². The molecular weight excluding hydrogens is 358 g/mol. The number of thioether (sulfide) groups is 1. The first-order chi connectivity index (χ1) is 12.0. The second-order valence-electron chi connectivity index (χ2n) is 6.02. The number of hydrogen-bond acceptors (Lipinski definition) is 5. The Labute approximate surface area is 152 Å².